The highest BCUT2D eigenvalue weighted by atomic mass is 19.1. The molecule has 0 aliphatic rings. The number of nitrogens with zero attached hydrogens (tertiary/aromatic N) is 1. The summed E-state index contributed by atoms with van der Waals surface area (Å²) >= 11 is 0. The number of aryl methyl sites for hydroxylation is 1. The third-order valence-electron chi connectivity index (χ3n) is 2.54. The smallest absolute Gasteiger partial charge is 0.244 e. The molecular formula is C13H12F2N2O3. The Balaban J connectivity index is 2.11. The van der Waals surface area contributed by atoms with Gasteiger partial charge >= 0.3 is 0 Å². The van der Waals surface area contributed by atoms with Crippen LogP contribution in [0.5, 0.6) is 0 Å². The first-order valence-corrected chi connectivity index (χ1v) is 5.82. The summed E-state index contributed by atoms with van der Waals surface area (Å²) in [5.74, 6) is -1.60. The van der Waals surface area contributed by atoms with Crippen LogP contribution in [-0.2, 0) is 16.1 Å². The van der Waals surface area contributed by atoms with Crippen LogP contribution in [0.15, 0.2) is 28.8 Å². The molecule has 0 unspecified atom stereocenters. The molecular weight excluding hydrogens is 270 g/mol. The Labute approximate surface area is 113 Å². The molecule has 0 spiro atoms. The summed E-state index contributed by atoms with van der Waals surface area (Å²) < 4.78 is 32.4. The molecule has 1 N–H and O–H groups in total. The van der Waals surface area contributed by atoms with E-state index in [0.29, 0.717) is 0 Å². The number of halogens is 2. The van der Waals surface area contributed by atoms with E-state index in [2.05, 4.69) is 15.3 Å². The van der Waals surface area contributed by atoms with Gasteiger partial charge in [-0.25, -0.2) is 19.2 Å². The van der Waals surface area contributed by atoms with Crippen LogP contribution in [-0.4, -0.2) is 18.0 Å². The Morgan fingerprint density at radius 1 is 1.40 bits per heavy atom. The summed E-state index contributed by atoms with van der Waals surface area (Å²) in [6.07, 6.45) is 1.52. The average molecular weight is 282 g/mol. The first kappa shape index (κ1) is 14.1. The van der Waals surface area contributed by atoms with E-state index in [4.69, 9.17) is 4.42 Å². The van der Waals surface area contributed by atoms with Crippen LogP contribution >= 0.6 is 0 Å². The molecule has 1 aromatic carbocycles. The van der Waals surface area contributed by atoms with Gasteiger partial charge in [0.1, 0.15) is 11.6 Å². The number of carbonyl (C=O) groups is 1. The lowest BCUT2D eigenvalue weighted by atomic mass is 10.1. The number of aromatic nitrogens is 1. The molecule has 0 radical (unpaired) electrons. The average Bonchev–Trinajstić information content (AvgIpc) is 2.85. The van der Waals surface area contributed by atoms with Gasteiger partial charge in [0.15, 0.2) is 11.7 Å². The summed E-state index contributed by atoms with van der Waals surface area (Å²) in [6, 6.07) is 3.53. The van der Waals surface area contributed by atoms with Crippen molar-refractivity contribution in [3.63, 3.8) is 0 Å². The Bertz CT molecular complexity index is 593. The molecule has 106 valence electrons. The number of hydrogen-bond donors (Lipinski definition) is 1. The van der Waals surface area contributed by atoms with E-state index in [-0.39, 0.29) is 36.0 Å². The fourth-order valence-electron chi connectivity index (χ4n) is 1.66. The quantitative estimate of drug-likeness (QED) is 0.854. The summed E-state index contributed by atoms with van der Waals surface area (Å²) in [5, 5.41) is 0. The van der Waals surface area contributed by atoms with Gasteiger partial charge in [0, 0.05) is 12.8 Å². The monoisotopic (exact) mass is 282 g/mol. The lowest BCUT2D eigenvalue weighted by molar-refractivity contribution is -0.131. The second-order valence-electron chi connectivity index (χ2n) is 3.94. The molecule has 1 amide bonds. The molecule has 0 saturated heterocycles. The molecule has 0 aliphatic heterocycles. The van der Waals surface area contributed by atoms with Crippen molar-refractivity contribution in [3.05, 3.63) is 41.9 Å². The van der Waals surface area contributed by atoms with Gasteiger partial charge in [-0.2, -0.15) is 0 Å². The van der Waals surface area contributed by atoms with E-state index in [1.165, 1.54) is 19.4 Å². The molecule has 0 aliphatic carbocycles. The Morgan fingerprint density at radius 2 is 2.10 bits per heavy atom. The molecule has 1 aromatic heterocycles. The highest BCUT2D eigenvalue weighted by Crippen LogP contribution is 2.26. The van der Waals surface area contributed by atoms with Crippen molar-refractivity contribution < 1.29 is 22.8 Å². The van der Waals surface area contributed by atoms with Gasteiger partial charge in [-0.1, -0.05) is 6.07 Å². The minimum atomic E-state index is -0.732. The largest absolute Gasteiger partial charge is 0.441 e. The molecule has 1 heterocycles. The third-order valence-corrected chi connectivity index (χ3v) is 2.54. The fraction of sp³-hybridized carbons (Fsp3) is 0.231. The third kappa shape index (κ3) is 3.18. The van der Waals surface area contributed by atoms with Crippen LogP contribution in [0.4, 0.5) is 8.78 Å². The zero-order valence-electron chi connectivity index (χ0n) is 10.7. The Hall–Kier alpha value is -2.28. The van der Waals surface area contributed by atoms with Crippen LogP contribution in [0.2, 0.25) is 0 Å². The van der Waals surface area contributed by atoms with E-state index in [1.54, 1.807) is 0 Å². The predicted octanol–water partition coefficient (Wildman–Crippen LogP) is 2.23. The van der Waals surface area contributed by atoms with E-state index >= 15 is 0 Å². The standard InChI is InChI=1S/C13H12F2N2O3/c1-19-17-11(18)5-6-12-16-7-10(20-12)13-8(14)3-2-4-9(13)15/h2-4,7H,5-6H2,1H3,(H,17,18). The molecule has 20 heavy (non-hydrogen) atoms. The number of oxazole rings is 1. The van der Waals surface area contributed by atoms with Crippen LogP contribution in [0.3, 0.4) is 0 Å². The van der Waals surface area contributed by atoms with Gasteiger partial charge in [0.2, 0.25) is 5.91 Å². The molecule has 2 rings (SSSR count). The summed E-state index contributed by atoms with van der Waals surface area (Å²) in [5.41, 5.74) is 1.87. The van der Waals surface area contributed by atoms with E-state index in [0.717, 1.165) is 12.1 Å². The normalized spacial score (nSPS) is 10.6. The second-order valence-corrected chi connectivity index (χ2v) is 3.94. The maximum absolute atomic E-state index is 13.6. The zero-order chi connectivity index (χ0) is 14.5. The van der Waals surface area contributed by atoms with Crippen molar-refractivity contribution in [2.24, 2.45) is 0 Å². The summed E-state index contributed by atoms with van der Waals surface area (Å²) in [6.45, 7) is 0. The molecule has 2 aromatic rings. The molecule has 7 heteroatoms. The molecule has 0 fully saturated rings. The van der Waals surface area contributed by atoms with Crippen molar-refractivity contribution in [2.45, 2.75) is 12.8 Å². The highest BCUT2D eigenvalue weighted by molar-refractivity contribution is 5.74. The van der Waals surface area contributed by atoms with Crippen LogP contribution in [0, 0.1) is 11.6 Å². The molecule has 5 nitrogen and oxygen atoms in total. The highest BCUT2D eigenvalue weighted by Gasteiger charge is 2.16. The summed E-state index contributed by atoms with van der Waals surface area (Å²) in [7, 11) is 1.32. The first-order valence-electron chi connectivity index (χ1n) is 5.82. The fourth-order valence-corrected chi connectivity index (χ4v) is 1.66. The number of rotatable bonds is 5. The van der Waals surface area contributed by atoms with E-state index in [1.807, 2.05) is 0 Å². The predicted molar refractivity (Wildman–Crippen MR) is 65.3 cm³/mol. The van der Waals surface area contributed by atoms with Gasteiger partial charge in [0.05, 0.1) is 18.9 Å². The van der Waals surface area contributed by atoms with Gasteiger partial charge in [-0.15, -0.1) is 0 Å². The number of benzene rings is 1. The maximum atomic E-state index is 13.6. The molecule has 0 atom stereocenters. The topological polar surface area (TPSA) is 64.4 Å². The minimum Gasteiger partial charge on any atom is -0.441 e. The van der Waals surface area contributed by atoms with E-state index in [9.17, 15) is 13.6 Å². The summed E-state index contributed by atoms with van der Waals surface area (Å²) in [4.78, 5) is 19.5. The van der Waals surface area contributed by atoms with Crippen molar-refractivity contribution >= 4 is 5.91 Å². The van der Waals surface area contributed by atoms with Crippen molar-refractivity contribution in [1.82, 2.24) is 10.5 Å². The lowest BCUT2D eigenvalue weighted by Crippen LogP contribution is -2.21. The van der Waals surface area contributed by atoms with Crippen molar-refractivity contribution in [1.29, 1.82) is 0 Å². The van der Waals surface area contributed by atoms with Crippen molar-refractivity contribution in [3.8, 4) is 11.3 Å². The van der Waals surface area contributed by atoms with Gasteiger partial charge < -0.3 is 4.42 Å². The maximum Gasteiger partial charge on any atom is 0.244 e. The van der Waals surface area contributed by atoms with Crippen molar-refractivity contribution in [2.75, 3.05) is 7.11 Å². The second kappa shape index (κ2) is 6.25. The molecule has 0 saturated carbocycles. The number of carbonyl (C=O) groups excluding carboxylic acids is 1. The van der Waals surface area contributed by atoms with E-state index < -0.39 is 11.6 Å². The Kier molecular flexibility index (Phi) is 4.41. The van der Waals surface area contributed by atoms with Gasteiger partial charge in [0.25, 0.3) is 0 Å². The number of hydroxylamine groups is 1. The minimum absolute atomic E-state index is 0.0113. The van der Waals surface area contributed by atoms with Gasteiger partial charge in [-0.05, 0) is 12.1 Å². The van der Waals surface area contributed by atoms with Crippen LogP contribution in [0.25, 0.3) is 11.3 Å². The zero-order valence-corrected chi connectivity index (χ0v) is 10.7. The number of hydrogen-bond acceptors (Lipinski definition) is 4. The van der Waals surface area contributed by atoms with Crippen LogP contribution < -0.4 is 5.48 Å². The molecule has 0 bridgehead atoms. The Morgan fingerprint density at radius 3 is 2.75 bits per heavy atom. The SMILES string of the molecule is CONC(=O)CCc1ncc(-c2c(F)cccc2F)o1. The van der Waals surface area contributed by atoms with Crippen LogP contribution in [0.1, 0.15) is 12.3 Å². The number of nitrogens with one attached hydrogen (secondary N) is 1. The van der Waals surface area contributed by atoms with Gasteiger partial charge in [-0.3, -0.25) is 9.63 Å². The first-order chi connectivity index (χ1) is 9.61. The lowest BCUT2D eigenvalue weighted by Gasteiger charge is -2.01. The number of amides is 1.